The third-order valence-electron chi connectivity index (χ3n) is 1.96. The molecule has 0 amide bonds. The number of hydrogen-bond acceptors (Lipinski definition) is 4. The van der Waals surface area contributed by atoms with E-state index in [1.54, 1.807) is 0 Å². The maximum absolute atomic E-state index is 12.1. The van der Waals surface area contributed by atoms with Crippen LogP contribution in [0.1, 0.15) is 26.7 Å². The zero-order chi connectivity index (χ0) is 15.3. The Morgan fingerprint density at radius 2 is 1.89 bits per heavy atom. The number of carbonyl (C=O) groups is 2. The molecule has 0 saturated carbocycles. The summed E-state index contributed by atoms with van der Waals surface area (Å²) in [5, 5.41) is 9.45. The van der Waals surface area contributed by atoms with Crippen molar-refractivity contribution < 1.29 is 37.4 Å². The molecule has 1 N–H and O–H groups in total. The lowest BCUT2D eigenvalue weighted by molar-refractivity contribution is -0.174. The number of ketones is 1. The molecule has 108 valence electrons. The van der Waals surface area contributed by atoms with Crippen LogP contribution in [0.4, 0.5) is 13.2 Å². The number of aliphatic hydroxyl groups is 1. The zero-order valence-electron chi connectivity index (χ0n) is 10.3. The number of ether oxygens (including phenoxy) is 1. The van der Waals surface area contributed by atoms with Gasteiger partial charge in [-0.15, -0.1) is 0 Å². The first-order valence-corrected chi connectivity index (χ1v) is 5.24. The van der Waals surface area contributed by atoms with Crippen molar-refractivity contribution in [3.8, 4) is 0 Å². The lowest BCUT2D eigenvalue weighted by Gasteiger charge is -2.22. The van der Waals surface area contributed by atoms with Crippen LogP contribution in [0.25, 0.3) is 5.53 Å². The van der Waals surface area contributed by atoms with Gasteiger partial charge in [0, 0.05) is 6.42 Å². The summed E-state index contributed by atoms with van der Waals surface area (Å²) < 4.78 is 40.7. The fraction of sp³-hybridized carbons (Fsp3) is 0.700. The minimum absolute atomic E-state index is 0.107. The molecule has 0 aliphatic carbocycles. The molecule has 0 saturated heterocycles. The van der Waals surface area contributed by atoms with E-state index in [1.165, 1.54) is 6.92 Å². The summed E-state index contributed by atoms with van der Waals surface area (Å²) in [6.45, 7) is 2.11. The molecule has 0 aromatic heterocycles. The number of Topliss-reactive ketones (excluding diaryl/α,β-unsaturated/α-hetero) is 1. The summed E-state index contributed by atoms with van der Waals surface area (Å²) in [4.78, 5) is 25.0. The van der Waals surface area contributed by atoms with Crippen LogP contribution in [-0.2, 0) is 14.3 Å². The lowest BCUT2D eigenvalue weighted by Crippen LogP contribution is -2.38. The third-order valence-corrected chi connectivity index (χ3v) is 1.96. The van der Waals surface area contributed by atoms with Crippen molar-refractivity contribution >= 4 is 17.5 Å². The van der Waals surface area contributed by atoms with Gasteiger partial charge >= 0.3 is 17.9 Å². The number of nitrogens with zero attached hydrogens (tertiary/aromatic N) is 2. The molecule has 0 radical (unpaired) electrons. The van der Waals surface area contributed by atoms with Gasteiger partial charge in [-0.2, -0.15) is 18.0 Å². The Morgan fingerprint density at radius 1 is 1.37 bits per heavy atom. The summed E-state index contributed by atoms with van der Waals surface area (Å²) in [7, 11) is 0. The highest BCUT2D eigenvalue weighted by atomic mass is 19.4. The first-order chi connectivity index (χ1) is 8.52. The fourth-order valence-electron chi connectivity index (χ4n) is 1.33. The van der Waals surface area contributed by atoms with Gasteiger partial charge < -0.3 is 15.4 Å². The molecule has 6 nitrogen and oxygen atoms in total. The summed E-state index contributed by atoms with van der Waals surface area (Å²) in [6, 6.07) is 0. The first kappa shape index (κ1) is 17.3. The van der Waals surface area contributed by atoms with Crippen LogP contribution in [0, 0.1) is 0 Å². The Kier molecular flexibility index (Phi) is 5.85. The van der Waals surface area contributed by atoms with Gasteiger partial charge in [0.1, 0.15) is 0 Å². The smallest absolute Gasteiger partial charge is 0.441 e. The molecule has 0 aliphatic heterocycles. The van der Waals surface area contributed by atoms with E-state index in [1.807, 2.05) is 0 Å². The molecule has 19 heavy (non-hydrogen) atoms. The van der Waals surface area contributed by atoms with E-state index >= 15 is 0 Å². The molecule has 0 aromatic rings. The molecule has 0 spiro atoms. The van der Waals surface area contributed by atoms with Crippen LogP contribution in [0.2, 0.25) is 0 Å². The van der Waals surface area contributed by atoms with Crippen LogP contribution in [0.3, 0.4) is 0 Å². The van der Waals surface area contributed by atoms with E-state index in [2.05, 4.69) is 9.53 Å². The fourth-order valence-corrected chi connectivity index (χ4v) is 1.33. The highest BCUT2D eigenvalue weighted by Gasteiger charge is 2.42. The Bertz CT molecular complexity index is 411. The lowest BCUT2D eigenvalue weighted by atomic mass is 9.93. The van der Waals surface area contributed by atoms with Crippen molar-refractivity contribution in [2.45, 2.75) is 38.5 Å². The van der Waals surface area contributed by atoms with Crippen LogP contribution in [-0.4, -0.2) is 45.7 Å². The number of halogens is 3. The molecular weight excluding hydrogens is 269 g/mol. The normalized spacial score (nSPS) is 14.2. The summed E-state index contributed by atoms with van der Waals surface area (Å²) >= 11 is 0. The SMILES string of the molecule is CCOC(=O)C(=[N+]=[N-])C(=O)CC(C)(O)CC(F)(F)F. The largest absolute Gasteiger partial charge is 0.457 e. The maximum atomic E-state index is 12.1. The van der Waals surface area contributed by atoms with Gasteiger partial charge in [0.25, 0.3) is 5.78 Å². The van der Waals surface area contributed by atoms with Crippen molar-refractivity contribution in [2.24, 2.45) is 0 Å². The number of hydrogen-bond donors (Lipinski definition) is 1. The van der Waals surface area contributed by atoms with Crippen molar-refractivity contribution in [1.82, 2.24) is 0 Å². The minimum Gasteiger partial charge on any atom is -0.457 e. The zero-order valence-corrected chi connectivity index (χ0v) is 10.3. The van der Waals surface area contributed by atoms with Gasteiger partial charge in [-0.3, -0.25) is 4.79 Å². The topological polar surface area (TPSA) is 100 Å². The molecule has 0 aliphatic rings. The summed E-state index contributed by atoms with van der Waals surface area (Å²) in [5.41, 5.74) is 5.03. The van der Waals surface area contributed by atoms with E-state index < -0.39 is 42.1 Å². The predicted molar refractivity (Wildman–Crippen MR) is 56.2 cm³/mol. The Balaban J connectivity index is 4.85. The van der Waals surface area contributed by atoms with Gasteiger partial charge in [0.15, 0.2) is 0 Å². The van der Waals surface area contributed by atoms with Crippen LogP contribution < -0.4 is 0 Å². The molecule has 0 rings (SSSR count). The molecule has 0 heterocycles. The van der Waals surface area contributed by atoms with E-state index in [9.17, 15) is 27.9 Å². The van der Waals surface area contributed by atoms with E-state index in [-0.39, 0.29) is 6.61 Å². The summed E-state index contributed by atoms with van der Waals surface area (Å²) in [5.74, 6) is -2.51. The number of esters is 1. The van der Waals surface area contributed by atoms with E-state index in [0.717, 1.165) is 6.92 Å². The van der Waals surface area contributed by atoms with Crippen molar-refractivity contribution in [1.29, 1.82) is 0 Å². The van der Waals surface area contributed by atoms with Crippen molar-refractivity contribution in [3.63, 3.8) is 0 Å². The monoisotopic (exact) mass is 282 g/mol. The first-order valence-electron chi connectivity index (χ1n) is 5.24. The van der Waals surface area contributed by atoms with Crippen molar-refractivity contribution in [3.05, 3.63) is 5.53 Å². The molecular formula is C10H13F3N2O4. The van der Waals surface area contributed by atoms with Gasteiger partial charge in [0.2, 0.25) is 0 Å². The van der Waals surface area contributed by atoms with Crippen molar-refractivity contribution in [2.75, 3.05) is 6.61 Å². The van der Waals surface area contributed by atoms with Gasteiger partial charge in [-0.25, -0.2) is 4.79 Å². The molecule has 9 heteroatoms. The Morgan fingerprint density at radius 3 is 2.26 bits per heavy atom. The predicted octanol–water partition coefficient (Wildman–Crippen LogP) is 0.883. The quantitative estimate of drug-likeness (QED) is 0.257. The van der Waals surface area contributed by atoms with E-state index in [0.29, 0.717) is 0 Å². The average Bonchev–Trinajstić information content (AvgIpc) is 2.13. The standard InChI is InChI=1S/C10H13F3N2O4/c1-3-19-8(17)7(15-14)6(16)4-9(2,18)5-10(11,12)13/h18H,3-5H2,1-2H3. The second-order valence-electron chi connectivity index (χ2n) is 4.06. The molecule has 1 atom stereocenters. The second kappa shape index (κ2) is 6.44. The summed E-state index contributed by atoms with van der Waals surface area (Å²) in [6.07, 6.45) is -7.33. The van der Waals surface area contributed by atoms with Crippen LogP contribution >= 0.6 is 0 Å². The average molecular weight is 282 g/mol. The molecule has 0 bridgehead atoms. The highest BCUT2D eigenvalue weighted by molar-refractivity contribution is 6.62. The Hall–Kier alpha value is -1.73. The third kappa shape index (κ3) is 6.68. The Labute approximate surface area is 106 Å². The molecule has 0 fully saturated rings. The molecule has 0 aromatic carbocycles. The number of rotatable bonds is 6. The highest BCUT2D eigenvalue weighted by Crippen LogP contribution is 2.29. The number of alkyl halides is 3. The minimum atomic E-state index is -4.68. The van der Waals surface area contributed by atoms with Gasteiger partial charge in [0.05, 0.1) is 18.6 Å². The van der Waals surface area contributed by atoms with E-state index in [4.69, 9.17) is 5.53 Å². The number of carbonyl (C=O) groups excluding carboxylic acids is 2. The van der Waals surface area contributed by atoms with Crippen LogP contribution in [0.5, 0.6) is 0 Å². The van der Waals surface area contributed by atoms with Gasteiger partial charge in [-0.05, 0) is 13.8 Å². The molecule has 1 unspecified atom stereocenters. The maximum Gasteiger partial charge on any atom is 0.441 e. The second-order valence-corrected chi connectivity index (χ2v) is 4.06. The van der Waals surface area contributed by atoms with Crippen LogP contribution in [0.15, 0.2) is 0 Å². The van der Waals surface area contributed by atoms with Gasteiger partial charge in [-0.1, -0.05) is 0 Å².